The molecule has 0 saturated carbocycles. The Morgan fingerprint density at radius 2 is 1.62 bits per heavy atom. The van der Waals surface area contributed by atoms with Crippen molar-refractivity contribution in [3.05, 3.63) is 98.3 Å². The van der Waals surface area contributed by atoms with Gasteiger partial charge in [-0.1, -0.05) is 0 Å². The van der Waals surface area contributed by atoms with Gasteiger partial charge in [0.1, 0.15) is 5.75 Å². The van der Waals surface area contributed by atoms with Gasteiger partial charge in [-0.15, -0.1) is 10.2 Å². The lowest BCUT2D eigenvalue weighted by atomic mass is 10.1. The lowest BCUT2D eigenvalue weighted by molar-refractivity contribution is -0.394. The summed E-state index contributed by atoms with van der Waals surface area (Å²) in [5.41, 5.74) is -0.139. The van der Waals surface area contributed by atoms with Crippen molar-refractivity contribution in [2.24, 2.45) is 0 Å². The van der Waals surface area contributed by atoms with E-state index in [1.165, 1.54) is 12.1 Å². The molecule has 0 bridgehead atoms. The highest BCUT2D eigenvalue weighted by molar-refractivity contribution is 6.05. The molecule has 0 saturated heterocycles. The van der Waals surface area contributed by atoms with E-state index in [9.17, 15) is 25.0 Å². The zero-order valence-electron chi connectivity index (χ0n) is 17.5. The van der Waals surface area contributed by atoms with Gasteiger partial charge in [0, 0.05) is 30.1 Å². The number of amides is 1. The van der Waals surface area contributed by atoms with Crippen LogP contribution in [0, 0.1) is 27.2 Å². The summed E-state index contributed by atoms with van der Waals surface area (Å²) in [6, 6.07) is 14.1. The highest BCUT2D eigenvalue weighted by atomic mass is 16.6. The van der Waals surface area contributed by atoms with Gasteiger partial charge in [0.25, 0.3) is 17.3 Å². The number of hydrogen-bond acceptors (Lipinski definition) is 9. The summed E-state index contributed by atoms with van der Waals surface area (Å²) in [6.07, 6.45) is 1.76. The van der Waals surface area contributed by atoms with E-state index >= 15 is 0 Å². The Bertz CT molecular complexity index is 1350. The molecule has 0 fully saturated rings. The fourth-order valence-electron chi connectivity index (χ4n) is 2.90. The smallest absolute Gasteiger partial charge is 0.277 e. The maximum Gasteiger partial charge on any atom is 0.277 e. The first-order chi connectivity index (χ1) is 16.3. The summed E-state index contributed by atoms with van der Waals surface area (Å²) in [6.45, 7) is 1.86. The first-order valence-electron chi connectivity index (χ1n) is 9.68. The molecule has 0 aliphatic rings. The summed E-state index contributed by atoms with van der Waals surface area (Å²) >= 11 is 0. The minimum Gasteiger partial charge on any atom is -0.438 e. The van der Waals surface area contributed by atoms with Crippen molar-refractivity contribution in [2.45, 2.75) is 6.92 Å². The van der Waals surface area contributed by atoms with Gasteiger partial charge in [0.15, 0.2) is 5.82 Å². The van der Waals surface area contributed by atoms with Gasteiger partial charge < -0.3 is 10.1 Å². The number of carbonyl (C=O) groups is 1. The zero-order valence-corrected chi connectivity index (χ0v) is 17.5. The highest BCUT2D eigenvalue weighted by Crippen LogP contribution is 2.25. The van der Waals surface area contributed by atoms with Gasteiger partial charge in [-0.05, 0) is 43.3 Å². The predicted octanol–water partition coefficient (Wildman–Crippen LogP) is 3.83. The minimum atomic E-state index is -0.804. The third-order valence-electron chi connectivity index (χ3n) is 4.50. The second-order valence-electron chi connectivity index (χ2n) is 6.96. The Morgan fingerprint density at radius 3 is 2.15 bits per heavy atom. The molecular formula is C21H15N7O6. The minimum absolute atomic E-state index is 0.219. The normalized spacial score (nSPS) is 10.5. The molecule has 13 nitrogen and oxygen atoms in total. The van der Waals surface area contributed by atoms with Crippen LogP contribution >= 0.6 is 0 Å². The summed E-state index contributed by atoms with van der Waals surface area (Å²) in [5.74, 6) is 0.449. The van der Waals surface area contributed by atoms with E-state index in [4.69, 9.17) is 4.74 Å². The standard InChI is InChI=1S/C21H15N7O6/c1-13-8-9-26(25-13)19-6-7-20(24-23-19)34-18-4-2-15(3-5-18)22-21(29)14-10-16(27(30)31)12-17(11-14)28(32)33/h2-12H,1H3,(H,22,29). The summed E-state index contributed by atoms with van der Waals surface area (Å²) in [4.78, 5) is 32.9. The van der Waals surface area contributed by atoms with Crippen molar-refractivity contribution in [3.8, 4) is 17.4 Å². The number of anilines is 1. The van der Waals surface area contributed by atoms with Crippen LogP contribution in [0.4, 0.5) is 17.1 Å². The number of nitro benzene ring substituents is 2. The number of hydrogen-bond donors (Lipinski definition) is 1. The Kier molecular flexibility index (Phi) is 5.90. The van der Waals surface area contributed by atoms with E-state index in [1.54, 1.807) is 35.1 Å². The van der Waals surface area contributed by atoms with Crippen LogP contribution < -0.4 is 10.1 Å². The van der Waals surface area contributed by atoms with Crippen LogP contribution in [0.1, 0.15) is 16.1 Å². The Balaban J connectivity index is 1.43. The maximum atomic E-state index is 12.5. The van der Waals surface area contributed by atoms with E-state index in [0.29, 0.717) is 17.3 Å². The number of non-ortho nitro benzene ring substituents is 2. The van der Waals surface area contributed by atoms with Crippen LogP contribution in [0.25, 0.3) is 5.82 Å². The Labute approximate surface area is 190 Å². The van der Waals surface area contributed by atoms with E-state index in [-0.39, 0.29) is 11.4 Å². The molecular weight excluding hydrogens is 446 g/mol. The van der Waals surface area contributed by atoms with Crippen LogP contribution in [0.5, 0.6) is 11.6 Å². The van der Waals surface area contributed by atoms with Gasteiger partial charge in [-0.25, -0.2) is 4.68 Å². The van der Waals surface area contributed by atoms with Gasteiger partial charge in [0.05, 0.1) is 27.2 Å². The van der Waals surface area contributed by atoms with Crippen LogP contribution in [-0.2, 0) is 0 Å². The van der Waals surface area contributed by atoms with Crippen LogP contribution in [0.15, 0.2) is 66.9 Å². The predicted molar refractivity (Wildman–Crippen MR) is 118 cm³/mol. The molecule has 2 aromatic carbocycles. The number of aromatic nitrogens is 4. The molecule has 13 heteroatoms. The molecule has 4 aromatic rings. The van der Waals surface area contributed by atoms with Gasteiger partial charge in [-0.3, -0.25) is 25.0 Å². The molecule has 0 spiro atoms. The van der Waals surface area contributed by atoms with Gasteiger partial charge >= 0.3 is 0 Å². The number of carbonyl (C=O) groups excluding carboxylic acids is 1. The number of nitrogens with zero attached hydrogens (tertiary/aromatic N) is 6. The van der Waals surface area contributed by atoms with Crippen molar-refractivity contribution in [3.63, 3.8) is 0 Å². The quantitative estimate of drug-likeness (QED) is 0.317. The van der Waals surface area contributed by atoms with E-state index in [1.807, 2.05) is 13.0 Å². The maximum absolute atomic E-state index is 12.5. The number of nitro groups is 2. The second-order valence-corrected chi connectivity index (χ2v) is 6.96. The van der Waals surface area contributed by atoms with E-state index < -0.39 is 27.1 Å². The topological polar surface area (TPSA) is 168 Å². The molecule has 2 aromatic heterocycles. The van der Waals surface area contributed by atoms with Crippen LogP contribution in [-0.4, -0.2) is 35.7 Å². The number of rotatable bonds is 7. The van der Waals surface area contributed by atoms with Crippen molar-refractivity contribution in [1.29, 1.82) is 0 Å². The average molecular weight is 461 g/mol. The Morgan fingerprint density at radius 1 is 0.941 bits per heavy atom. The van der Waals surface area contributed by atoms with Gasteiger partial charge in [-0.2, -0.15) is 5.10 Å². The molecule has 4 rings (SSSR count). The molecule has 34 heavy (non-hydrogen) atoms. The fraction of sp³-hybridized carbons (Fsp3) is 0.0476. The third kappa shape index (κ3) is 4.99. The molecule has 1 amide bonds. The summed E-state index contributed by atoms with van der Waals surface area (Å²) < 4.78 is 7.22. The average Bonchev–Trinajstić information content (AvgIpc) is 3.26. The lowest BCUT2D eigenvalue weighted by Gasteiger charge is -2.08. The summed E-state index contributed by atoms with van der Waals surface area (Å²) in [5, 5.41) is 36.9. The first-order valence-corrected chi connectivity index (χ1v) is 9.68. The fourth-order valence-corrected chi connectivity index (χ4v) is 2.90. The molecule has 0 unspecified atom stereocenters. The molecule has 0 aliphatic heterocycles. The monoisotopic (exact) mass is 461 g/mol. The van der Waals surface area contributed by atoms with Crippen molar-refractivity contribution < 1.29 is 19.4 Å². The first kappa shape index (κ1) is 22.0. The van der Waals surface area contributed by atoms with E-state index in [2.05, 4.69) is 20.6 Å². The van der Waals surface area contributed by atoms with E-state index in [0.717, 1.165) is 23.9 Å². The van der Waals surface area contributed by atoms with Crippen molar-refractivity contribution in [2.75, 3.05) is 5.32 Å². The second kappa shape index (κ2) is 9.12. The largest absolute Gasteiger partial charge is 0.438 e. The molecule has 0 atom stereocenters. The van der Waals surface area contributed by atoms with Crippen LogP contribution in [0.3, 0.4) is 0 Å². The molecule has 170 valence electrons. The number of benzene rings is 2. The molecule has 2 heterocycles. The lowest BCUT2D eigenvalue weighted by Crippen LogP contribution is -2.12. The number of nitrogens with one attached hydrogen (secondary N) is 1. The number of aryl methyl sites for hydroxylation is 1. The SMILES string of the molecule is Cc1ccn(-c2ccc(Oc3ccc(NC(=O)c4cc([N+](=O)[O-])cc([N+](=O)[O-])c4)cc3)nn2)n1. The van der Waals surface area contributed by atoms with Gasteiger partial charge in [0.2, 0.25) is 5.88 Å². The highest BCUT2D eigenvalue weighted by Gasteiger charge is 2.20. The molecule has 0 radical (unpaired) electrons. The van der Waals surface area contributed by atoms with Crippen molar-refractivity contribution >= 4 is 23.0 Å². The summed E-state index contributed by atoms with van der Waals surface area (Å²) in [7, 11) is 0. The van der Waals surface area contributed by atoms with Crippen molar-refractivity contribution in [1.82, 2.24) is 20.0 Å². The third-order valence-corrected chi connectivity index (χ3v) is 4.50. The molecule has 0 aliphatic carbocycles. The Hall–Kier alpha value is -5.20. The number of ether oxygens (including phenoxy) is 1. The molecule has 1 N–H and O–H groups in total. The van der Waals surface area contributed by atoms with Crippen LogP contribution in [0.2, 0.25) is 0 Å². The zero-order chi connectivity index (χ0) is 24.2.